The van der Waals surface area contributed by atoms with E-state index in [2.05, 4.69) is 184 Å². The molecule has 12 aromatic rings. The van der Waals surface area contributed by atoms with E-state index in [0.717, 1.165) is 0 Å². The van der Waals surface area contributed by atoms with Crippen LogP contribution in [-0.4, -0.2) is 0 Å². The molecule has 0 heterocycles. The zero-order valence-electron chi connectivity index (χ0n) is 30.7. The van der Waals surface area contributed by atoms with Crippen molar-refractivity contribution in [2.24, 2.45) is 0 Å². The molecule has 1 aliphatic rings. The van der Waals surface area contributed by atoms with Gasteiger partial charge in [-0.3, -0.25) is 0 Å². The predicted octanol–water partition coefficient (Wildman–Crippen LogP) is 15.4. The fourth-order valence-electron chi connectivity index (χ4n) is 10.6. The number of fused-ring (bicyclic) bond motifs is 5. The van der Waals surface area contributed by atoms with E-state index in [1.165, 1.54) is 131 Å². The van der Waals surface area contributed by atoms with Gasteiger partial charge in [0.2, 0.25) is 0 Å². The molecule has 254 valence electrons. The van der Waals surface area contributed by atoms with Crippen molar-refractivity contribution in [1.29, 1.82) is 0 Å². The van der Waals surface area contributed by atoms with E-state index in [9.17, 15) is 0 Å². The Morgan fingerprint density at radius 3 is 1.53 bits per heavy atom. The molecule has 0 nitrogen and oxygen atoms in total. The molecule has 0 atom stereocenters. The molecule has 0 unspecified atom stereocenters. The van der Waals surface area contributed by atoms with E-state index in [1.54, 1.807) is 0 Å². The van der Waals surface area contributed by atoms with Gasteiger partial charge in [-0.2, -0.15) is 0 Å². The second-order valence-corrected chi connectivity index (χ2v) is 16.5. The topological polar surface area (TPSA) is 0 Å². The first kappa shape index (κ1) is 29.7. The lowest BCUT2D eigenvalue weighted by atomic mass is 9.80. The SMILES string of the molecule is CC1(C)c2cc(-c3cc4cccc5ccc6cccc3c6c54)ccc2-c2cc3cc4ccc(-c5ccc6ccc7cccc8ccc5c6c78)cc4cc3cc21. The molecule has 0 N–H and O–H groups in total. The molecule has 0 heteroatoms. The first-order valence-corrected chi connectivity index (χ1v) is 19.5. The molecular formula is C55H34. The van der Waals surface area contributed by atoms with Crippen LogP contribution in [0.15, 0.2) is 170 Å². The van der Waals surface area contributed by atoms with Crippen LogP contribution < -0.4 is 0 Å². The second kappa shape index (κ2) is 10.3. The molecule has 1 aliphatic carbocycles. The third-order valence-corrected chi connectivity index (χ3v) is 13.2. The minimum atomic E-state index is -0.132. The summed E-state index contributed by atoms with van der Waals surface area (Å²) in [5.74, 6) is 0. The van der Waals surface area contributed by atoms with Crippen molar-refractivity contribution in [2.75, 3.05) is 0 Å². The summed E-state index contributed by atoms with van der Waals surface area (Å²) in [6.07, 6.45) is 0. The maximum Gasteiger partial charge on any atom is 0.0159 e. The van der Waals surface area contributed by atoms with E-state index in [1.807, 2.05) is 0 Å². The molecule has 0 spiro atoms. The van der Waals surface area contributed by atoms with Gasteiger partial charge in [-0.05, 0) is 173 Å². The summed E-state index contributed by atoms with van der Waals surface area (Å²) in [6.45, 7) is 4.82. The van der Waals surface area contributed by atoms with Crippen LogP contribution in [0.4, 0.5) is 0 Å². The molecule has 0 saturated heterocycles. The van der Waals surface area contributed by atoms with E-state index < -0.39 is 0 Å². The smallest absolute Gasteiger partial charge is 0.0159 e. The zero-order chi connectivity index (χ0) is 36.2. The molecule has 12 aromatic carbocycles. The predicted molar refractivity (Wildman–Crippen MR) is 237 cm³/mol. The van der Waals surface area contributed by atoms with Crippen molar-refractivity contribution in [3.05, 3.63) is 181 Å². The maximum absolute atomic E-state index is 2.48. The van der Waals surface area contributed by atoms with Crippen LogP contribution in [0.2, 0.25) is 0 Å². The Morgan fingerprint density at radius 1 is 0.273 bits per heavy atom. The van der Waals surface area contributed by atoms with Gasteiger partial charge in [0, 0.05) is 5.41 Å². The fourth-order valence-corrected chi connectivity index (χ4v) is 10.6. The average Bonchev–Trinajstić information content (AvgIpc) is 3.44. The normalized spacial score (nSPS) is 13.8. The number of hydrogen-bond acceptors (Lipinski definition) is 0. The summed E-state index contributed by atoms with van der Waals surface area (Å²) in [5.41, 5.74) is 10.5. The first-order chi connectivity index (χ1) is 27.0. The molecule has 55 heavy (non-hydrogen) atoms. The summed E-state index contributed by atoms with van der Waals surface area (Å²) in [5, 5.41) is 21.1. The Labute approximate surface area is 318 Å². The number of benzene rings is 12. The lowest BCUT2D eigenvalue weighted by Crippen LogP contribution is -2.15. The molecular weight excluding hydrogens is 661 g/mol. The fraction of sp³-hybridized carbons (Fsp3) is 0.0545. The molecule has 0 amide bonds. The highest BCUT2D eigenvalue weighted by Crippen LogP contribution is 2.52. The maximum atomic E-state index is 2.48. The minimum absolute atomic E-state index is 0.132. The van der Waals surface area contributed by atoms with Crippen molar-refractivity contribution < 1.29 is 0 Å². The quantitative estimate of drug-likeness (QED) is 0.125. The molecule has 0 radical (unpaired) electrons. The first-order valence-electron chi connectivity index (χ1n) is 19.5. The van der Waals surface area contributed by atoms with E-state index >= 15 is 0 Å². The van der Waals surface area contributed by atoms with Crippen molar-refractivity contribution in [2.45, 2.75) is 19.3 Å². The van der Waals surface area contributed by atoms with Gasteiger partial charge < -0.3 is 0 Å². The highest BCUT2D eigenvalue weighted by Gasteiger charge is 2.36. The molecule has 13 rings (SSSR count). The van der Waals surface area contributed by atoms with Crippen LogP contribution in [0, 0.1) is 0 Å². The molecule has 0 fully saturated rings. The van der Waals surface area contributed by atoms with Crippen LogP contribution in [0.5, 0.6) is 0 Å². The third kappa shape index (κ3) is 3.91. The van der Waals surface area contributed by atoms with Gasteiger partial charge in [0.15, 0.2) is 0 Å². The summed E-state index contributed by atoms with van der Waals surface area (Å²) >= 11 is 0. The van der Waals surface area contributed by atoms with Gasteiger partial charge in [-0.15, -0.1) is 0 Å². The van der Waals surface area contributed by atoms with E-state index in [0.29, 0.717) is 0 Å². The largest absolute Gasteiger partial charge is 0.0610 e. The molecule has 0 aliphatic heterocycles. The Balaban J connectivity index is 0.950. The van der Waals surface area contributed by atoms with Gasteiger partial charge in [-0.25, -0.2) is 0 Å². The number of hydrogen-bond donors (Lipinski definition) is 0. The summed E-state index contributed by atoms with van der Waals surface area (Å²) in [7, 11) is 0. The summed E-state index contributed by atoms with van der Waals surface area (Å²) < 4.78 is 0. The monoisotopic (exact) mass is 694 g/mol. The zero-order valence-corrected chi connectivity index (χ0v) is 30.7. The van der Waals surface area contributed by atoms with E-state index in [-0.39, 0.29) is 5.41 Å². The third-order valence-electron chi connectivity index (χ3n) is 13.2. The van der Waals surface area contributed by atoms with E-state index in [4.69, 9.17) is 0 Å². The lowest BCUT2D eigenvalue weighted by Gasteiger charge is -2.23. The Bertz CT molecular complexity index is 3600. The van der Waals surface area contributed by atoms with Gasteiger partial charge in [0.1, 0.15) is 0 Å². The van der Waals surface area contributed by atoms with Gasteiger partial charge in [0.25, 0.3) is 0 Å². The van der Waals surface area contributed by atoms with Crippen LogP contribution in [-0.2, 0) is 5.41 Å². The molecule has 0 bridgehead atoms. The second-order valence-electron chi connectivity index (χ2n) is 16.5. The Morgan fingerprint density at radius 2 is 0.745 bits per heavy atom. The average molecular weight is 695 g/mol. The van der Waals surface area contributed by atoms with Gasteiger partial charge in [-0.1, -0.05) is 141 Å². The van der Waals surface area contributed by atoms with Crippen molar-refractivity contribution in [3.8, 4) is 33.4 Å². The van der Waals surface area contributed by atoms with Gasteiger partial charge >= 0.3 is 0 Å². The van der Waals surface area contributed by atoms with Crippen LogP contribution in [0.3, 0.4) is 0 Å². The summed E-state index contributed by atoms with van der Waals surface area (Å²) in [4.78, 5) is 0. The van der Waals surface area contributed by atoms with Crippen molar-refractivity contribution in [3.63, 3.8) is 0 Å². The lowest BCUT2D eigenvalue weighted by molar-refractivity contribution is 0.661. The highest BCUT2D eigenvalue weighted by atomic mass is 14.4. The highest BCUT2D eigenvalue weighted by molar-refractivity contribution is 6.27. The van der Waals surface area contributed by atoms with Crippen LogP contribution in [0.1, 0.15) is 25.0 Å². The molecule has 0 saturated carbocycles. The molecule has 0 aromatic heterocycles. The van der Waals surface area contributed by atoms with Crippen LogP contribution in [0.25, 0.3) is 120 Å². The van der Waals surface area contributed by atoms with Crippen molar-refractivity contribution >= 4 is 86.2 Å². The Kier molecular flexibility index (Phi) is 5.53. The summed E-state index contributed by atoms with van der Waals surface area (Å²) in [6, 6.07) is 64.8. The van der Waals surface area contributed by atoms with Crippen LogP contribution >= 0.6 is 0 Å². The minimum Gasteiger partial charge on any atom is -0.0610 e. The number of rotatable bonds is 2. The standard InChI is InChI=1S/C55H34/c1-55(2)49-29-38(47-27-39-10-4-8-32-12-14-34-9-5-11-45(47)53(34)52(32)39)20-22-44(49)48-28-41-24-36-16-17-37(25-40(36)26-42(41)30-50(48)55)43-21-18-35-15-13-31-6-3-7-33-19-23-46(43)54(35)51(31)33/h3-30H,1-2H3. The van der Waals surface area contributed by atoms with Gasteiger partial charge in [0.05, 0.1) is 0 Å². The van der Waals surface area contributed by atoms with Crippen molar-refractivity contribution in [1.82, 2.24) is 0 Å². The Hall–Kier alpha value is -6.76.